The Kier molecular flexibility index (Phi) is 11.4. The number of halogens is 7. The van der Waals surface area contributed by atoms with Crippen LogP contribution in [-0.2, 0) is 0 Å². The van der Waals surface area contributed by atoms with Crippen LogP contribution < -0.4 is 0 Å². The van der Waals surface area contributed by atoms with E-state index in [0.29, 0.717) is 23.1 Å². The summed E-state index contributed by atoms with van der Waals surface area (Å²) < 4.78 is 26.9. The highest BCUT2D eigenvalue weighted by Crippen LogP contribution is 2.36. The maximum atomic E-state index is 13.5. The molecule has 0 aliphatic carbocycles. The summed E-state index contributed by atoms with van der Waals surface area (Å²) in [4.78, 5) is 15.0. The van der Waals surface area contributed by atoms with E-state index < -0.39 is 11.6 Å². The van der Waals surface area contributed by atoms with Gasteiger partial charge in [0.15, 0.2) is 5.78 Å². The summed E-state index contributed by atoms with van der Waals surface area (Å²) in [6.45, 7) is 0.986. The highest BCUT2D eigenvalue weighted by atomic mass is 79.9. The van der Waals surface area contributed by atoms with Crippen molar-refractivity contribution in [1.29, 1.82) is 0 Å². The van der Waals surface area contributed by atoms with Crippen molar-refractivity contribution in [3.63, 3.8) is 0 Å². The Labute approximate surface area is 289 Å². The van der Waals surface area contributed by atoms with Gasteiger partial charge < -0.3 is 0 Å². The van der Waals surface area contributed by atoms with E-state index in [1.807, 2.05) is 97.1 Å². The lowest BCUT2D eigenvalue weighted by Crippen LogP contribution is -2.52. The Morgan fingerprint density at radius 3 is 1.29 bits per heavy atom. The first-order valence-corrected chi connectivity index (χ1v) is 16.4. The number of likely N-dealkylation sites (tertiary alicyclic amines) is 1. The molecule has 2 nitrogen and oxygen atoms in total. The fraction of sp³-hybridized carbons (Fsp3) is 0.139. The molecular formula is C36H26BrCl4F2NO. The average Bonchev–Trinajstić information content (AvgIpc) is 3.00. The van der Waals surface area contributed by atoms with Crippen LogP contribution in [0.4, 0.5) is 8.78 Å². The predicted octanol–water partition coefficient (Wildman–Crippen LogP) is 11.7. The van der Waals surface area contributed by atoms with Gasteiger partial charge in [-0.3, -0.25) is 9.69 Å². The van der Waals surface area contributed by atoms with Gasteiger partial charge in [-0.25, -0.2) is 8.78 Å². The first-order valence-electron chi connectivity index (χ1n) is 14.0. The molecule has 0 aromatic heterocycles. The van der Waals surface area contributed by atoms with Gasteiger partial charge in [0.1, 0.15) is 11.6 Å². The van der Waals surface area contributed by atoms with Gasteiger partial charge in [-0.15, -0.1) is 0 Å². The van der Waals surface area contributed by atoms with Crippen molar-refractivity contribution >= 4 is 68.1 Å². The zero-order chi connectivity index (χ0) is 32.1. The smallest absolute Gasteiger partial charge is 0.168 e. The fourth-order valence-corrected chi connectivity index (χ4v) is 6.30. The van der Waals surface area contributed by atoms with Crippen molar-refractivity contribution in [1.82, 2.24) is 4.90 Å². The highest BCUT2D eigenvalue weighted by Gasteiger charge is 2.38. The van der Waals surface area contributed by atoms with Gasteiger partial charge in [0.2, 0.25) is 0 Å². The van der Waals surface area contributed by atoms with Crippen molar-refractivity contribution in [2.75, 3.05) is 13.1 Å². The second-order valence-corrected chi connectivity index (χ2v) is 13.3. The summed E-state index contributed by atoms with van der Waals surface area (Å²) in [5.74, 6) is -2.04. The molecule has 0 radical (unpaired) electrons. The molecule has 0 atom stereocenters. The monoisotopic (exact) mass is 745 g/mol. The van der Waals surface area contributed by atoms with Crippen LogP contribution in [0.1, 0.15) is 43.5 Å². The van der Waals surface area contributed by atoms with E-state index in [9.17, 15) is 13.6 Å². The molecule has 0 N–H and O–H groups in total. The summed E-state index contributed by atoms with van der Waals surface area (Å²) >= 11 is 27.4. The molecule has 1 aliphatic heterocycles. The molecule has 5 aromatic rings. The number of hydrogen-bond acceptors (Lipinski definition) is 2. The lowest BCUT2D eigenvalue weighted by Gasteiger charge is -2.44. The number of benzene rings is 5. The van der Waals surface area contributed by atoms with Gasteiger partial charge in [0.25, 0.3) is 0 Å². The van der Waals surface area contributed by atoms with Crippen LogP contribution in [-0.4, -0.2) is 23.8 Å². The summed E-state index contributed by atoms with van der Waals surface area (Å²) in [7, 11) is 0. The van der Waals surface area contributed by atoms with Crippen LogP contribution in [0.2, 0.25) is 20.1 Å². The maximum Gasteiger partial charge on any atom is 0.168 e. The van der Waals surface area contributed by atoms with Crippen molar-refractivity contribution in [3.05, 3.63) is 175 Å². The van der Waals surface area contributed by atoms with Gasteiger partial charge in [0.05, 0.1) is 10.9 Å². The average molecular weight is 748 g/mol. The van der Waals surface area contributed by atoms with Crippen LogP contribution in [0.3, 0.4) is 0 Å². The Hall–Kier alpha value is -2.77. The maximum absolute atomic E-state index is 13.5. The summed E-state index contributed by atoms with van der Waals surface area (Å²) in [6.07, 6.45) is 0. The van der Waals surface area contributed by atoms with Gasteiger partial charge in [0, 0.05) is 50.7 Å². The van der Waals surface area contributed by atoms with E-state index in [0.717, 1.165) is 39.4 Å². The van der Waals surface area contributed by atoms with E-state index in [1.54, 1.807) is 0 Å². The Balaban J connectivity index is 0.000000211. The molecule has 0 bridgehead atoms. The second kappa shape index (κ2) is 15.2. The summed E-state index contributed by atoms with van der Waals surface area (Å²) in [5.41, 5.74) is 4.50. The lowest BCUT2D eigenvalue weighted by atomic mass is 9.86. The first kappa shape index (κ1) is 33.6. The summed E-state index contributed by atoms with van der Waals surface area (Å²) in [6, 6.07) is 33.6. The quantitative estimate of drug-likeness (QED) is 0.122. The molecule has 5 aromatic carbocycles. The molecule has 1 aliphatic rings. The van der Waals surface area contributed by atoms with Crippen LogP contribution in [0.15, 0.2) is 115 Å². The van der Waals surface area contributed by atoms with Gasteiger partial charge >= 0.3 is 0 Å². The molecule has 0 spiro atoms. The third-order valence-electron chi connectivity index (χ3n) is 7.49. The number of carbonyl (C=O) groups excluding carboxylic acids is 1. The van der Waals surface area contributed by atoms with Gasteiger partial charge in [-0.2, -0.15) is 0 Å². The SMILES string of the molecule is Clc1ccc(C(Br)c2ccc(Cl)cc2)cc1.O=C(c1cc(F)cc(F)c1)C1CN(C(c2ccc(Cl)cc2)c2ccc(Cl)cc2)C1. The Morgan fingerprint density at radius 1 is 0.600 bits per heavy atom. The van der Waals surface area contributed by atoms with Crippen LogP contribution >= 0.6 is 62.3 Å². The Morgan fingerprint density at radius 2 is 0.933 bits per heavy atom. The third kappa shape index (κ3) is 8.74. The van der Waals surface area contributed by atoms with E-state index in [-0.39, 0.29) is 28.1 Å². The second-order valence-electron chi connectivity index (χ2n) is 10.6. The lowest BCUT2D eigenvalue weighted by molar-refractivity contribution is 0.0502. The molecule has 0 unspecified atom stereocenters. The van der Waals surface area contributed by atoms with Crippen LogP contribution in [0.25, 0.3) is 0 Å². The van der Waals surface area contributed by atoms with Crippen molar-refractivity contribution in [2.45, 2.75) is 10.9 Å². The normalized spacial score (nSPS) is 13.4. The van der Waals surface area contributed by atoms with Gasteiger partial charge in [-0.1, -0.05) is 111 Å². The minimum atomic E-state index is -0.746. The number of carbonyl (C=O) groups is 1. The molecular weight excluding hydrogens is 722 g/mol. The number of Topliss-reactive ketones (excluding diaryl/α,β-unsaturated/α-hetero) is 1. The topological polar surface area (TPSA) is 20.3 Å². The van der Waals surface area contributed by atoms with Gasteiger partial charge in [-0.05, 0) is 82.9 Å². The molecule has 1 saturated heterocycles. The predicted molar refractivity (Wildman–Crippen MR) is 184 cm³/mol. The number of hydrogen-bond donors (Lipinski definition) is 0. The molecule has 230 valence electrons. The summed E-state index contributed by atoms with van der Waals surface area (Å²) in [5, 5.41) is 2.79. The van der Waals surface area contributed by atoms with E-state index in [4.69, 9.17) is 46.4 Å². The highest BCUT2D eigenvalue weighted by molar-refractivity contribution is 9.09. The third-order valence-corrected chi connectivity index (χ3v) is 9.55. The zero-order valence-electron chi connectivity index (χ0n) is 23.6. The van der Waals surface area contributed by atoms with Crippen LogP contribution in [0.5, 0.6) is 0 Å². The van der Waals surface area contributed by atoms with Crippen LogP contribution in [0, 0.1) is 17.6 Å². The number of alkyl halides is 1. The number of nitrogens with zero attached hydrogens (tertiary/aromatic N) is 1. The minimum absolute atomic E-state index is 0.0710. The van der Waals surface area contributed by atoms with E-state index >= 15 is 0 Å². The molecule has 0 saturated carbocycles. The number of ketones is 1. The van der Waals surface area contributed by atoms with E-state index in [1.165, 1.54) is 11.1 Å². The molecule has 1 heterocycles. The Bertz CT molecular complexity index is 1630. The molecule has 0 amide bonds. The molecule has 9 heteroatoms. The standard InChI is InChI=1S/C23H17Cl2F2NO.C13H9BrCl2/c24-18-5-1-14(2-6-18)22(15-3-7-19(25)8-4-15)28-12-17(13-28)23(29)16-9-20(26)11-21(27)10-16;14-13(9-1-5-11(15)6-2-9)10-3-7-12(16)8-4-10/h1-11,17,22H,12-13H2;1-8,13H. The van der Waals surface area contributed by atoms with Crippen molar-refractivity contribution in [2.24, 2.45) is 5.92 Å². The minimum Gasteiger partial charge on any atom is -0.294 e. The molecule has 45 heavy (non-hydrogen) atoms. The van der Waals surface area contributed by atoms with E-state index in [2.05, 4.69) is 20.8 Å². The van der Waals surface area contributed by atoms with Crippen molar-refractivity contribution < 1.29 is 13.6 Å². The molecule has 6 rings (SSSR count). The van der Waals surface area contributed by atoms with Crippen molar-refractivity contribution in [3.8, 4) is 0 Å². The largest absolute Gasteiger partial charge is 0.294 e. The number of rotatable bonds is 7. The fourth-order valence-electron chi connectivity index (χ4n) is 5.18. The zero-order valence-corrected chi connectivity index (χ0v) is 28.2. The molecule has 1 fully saturated rings. The first-order chi connectivity index (χ1) is 21.6.